The first-order valence-electron chi connectivity index (χ1n) is 7.77. The molecule has 1 N–H and O–H groups in total. The summed E-state index contributed by atoms with van der Waals surface area (Å²) in [5.74, 6) is -0.0980. The normalized spacial score (nSPS) is 26.8. The van der Waals surface area contributed by atoms with E-state index in [1.54, 1.807) is 23.2 Å². The molecule has 0 radical (unpaired) electrons. The Kier molecular flexibility index (Phi) is 4.39. The molecule has 1 aliphatic heterocycles. The molecule has 2 heterocycles. The maximum atomic E-state index is 12.5. The molecule has 1 amide bonds. The van der Waals surface area contributed by atoms with Crippen molar-refractivity contribution in [3.05, 3.63) is 29.0 Å². The molecule has 5 nitrogen and oxygen atoms in total. The molecule has 0 bridgehead atoms. The Balaban J connectivity index is 1.65. The van der Waals surface area contributed by atoms with E-state index in [-0.39, 0.29) is 23.5 Å². The smallest absolute Gasteiger partial charge is 0.272 e. The largest absolute Gasteiger partial charge is 0.392 e. The van der Waals surface area contributed by atoms with Crippen LogP contribution in [0, 0.1) is 5.41 Å². The lowest BCUT2D eigenvalue weighted by molar-refractivity contribution is -0.207. The van der Waals surface area contributed by atoms with Crippen molar-refractivity contribution in [2.24, 2.45) is 5.41 Å². The number of rotatable bonds is 3. The molecule has 6 heteroatoms. The molecule has 1 aromatic heterocycles. The summed E-state index contributed by atoms with van der Waals surface area (Å²) in [6, 6.07) is 3.25. The molecule has 1 saturated heterocycles. The summed E-state index contributed by atoms with van der Waals surface area (Å²) in [6.45, 7) is 3.87. The molecule has 120 valence electrons. The van der Waals surface area contributed by atoms with E-state index in [4.69, 9.17) is 16.3 Å². The fourth-order valence-corrected chi connectivity index (χ4v) is 3.79. The van der Waals surface area contributed by atoms with Crippen LogP contribution in [-0.4, -0.2) is 52.8 Å². The molecule has 0 aromatic carbocycles. The van der Waals surface area contributed by atoms with Crippen molar-refractivity contribution in [1.82, 2.24) is 9.88 Å². The van der Waals surface area contributed by atoms with E-state index in [0.29, 0.717) is 36.8 Å². The number of amides is 1. The Morgan fingerprint density at radius 1 is 1.55 bits per heavy atom. The summed E-state index contributed by atoms with van der Waals surface area (Å²) in [5, 5.41) is 10.7. The summed E-state index contributed by atoms with van der Waals surface area (Å²) in [6.07, 6.45) is 3.59. The summed E-state index contributed by atoms with van der Waals surface area (Å²) >= 11 is 5.92. The highest BCUT2D eigenvalue weighted by atomic mass is 35.5. The van der Waals surface area contributed by atoms with Gasteiger partial charge in [-0.05, 0) is 31.9 Å². The summed E-state index contributed by atoms with van der Waals surface area (Å²) in [4.78, 5) is 18.4. The quantitative estimate of drug-likeness (QED) is 0.925. The van der Waals surface area contributed by atoms with Crippen LogP contribution in [0.4, 0.5) is 0 Å². The van der Waals surface area contributed by atoms with Gasteiger partial charge in [-0.1, -0.05) is 11.6 Å². The number of carbonyl (C=O) groups is 1. The van der Waals surface area contributed by atoms with Crippen LogP contribution >= 0.6 is 11.6 Å². The molecule has 2 atom stereocenters. The van der Waals surface area contributed by atoms with Gasteiger partial charge in [-0.25, -0.2) is 0 Å². The van der Waals surface area contributed by atoms with Crippen LogP contribution in [0.15, 0.2) is 18.3 Å². The van der Waals surface area contributed by atoms with E-state index in [0.717, 1.165) is 12.8 Å². The van der Waals surface area contributed by atoms with Gasteiger partial charge in [0.15, 0.2) is 0 Å². The van der Waals surface area contributed by atoms with Crippen molar-refractivity contribution < 1.29 is 14.6 Å². The highest BCUT2D eigenvalue weighted by Crippen LogP contribution is 2.51. The Labute approximate surface area is 135 Å². The average molecular weight is 325 g/mol. The molecule has 1 saturated carbocycles. The van der Waals surface area contributed by atoms with Gasteiger partial charge >= 0.3 is 0 Å². The second-order valence-electron chi connectivity index (χ2n) is 6.08. The number of likely N-dealkylation sites (tertiary alicyclic amines) is 1. The number of halogens is 1. The number of aliphatic hydroxyl groups is 1. The van der Waals surface area contributed by atoms with Crippen LogP contribution in [0.5, 0.6) is 0 Å². The van der Waals surface area contributed by atoms with Gasteiger partial charge in [0.2, 0.25) is 0 Å². The van der Waals surface area contributed by atoms with Gasteiger partial charge in [-0.15, -0.1) is 0 Å². The van der Waals surface area contributed by atoms with Crippen LogP contribution in [0.2, 0.25) is 5.02 Å². The zero-order valence-electron chi connectivity index (χ0n) is 12.7. The zero-order valence-corrected chi connectivity index (χ0v) is 13.4. The van der Waals surface area contributed by atoms with Crippen LogP contribution in [0.1, 0.15) is 36.7 Å². The lowest BCUT2D eigenvalue weighted by atomic mass is 9.58. The van der Waals surface area contributed by atoms with Gasteiger partial charge in [0, 0.05) is 42.8 Å². The van der Waals surface area contributed by atoms with Gasteiger partial charge in [0.1, 0.15) is 5.69 Å². The molecular formula is C16H21ClN2O3. The zero-order chi connectivity index (χ0) is 15.7. The Hall–Kier alpha value is -1.17. The minimum atomic E-state index is -0.314. The standard InChI is InChI=1S/C16H21ClN2O3/c1-2-22-14-10-13(20)16(14)4-7-19(8-5-16)15(21)12-9-11(17)3-6-18-12/h3,6,9,13-14,20H,2,4-5,7-8,10H2,1H3/t13-,14-/m0/s1. The second-order valence-corrected chi connectivity index (χ2v) is 6.52. The second kappa shape index (κ2) is 6.14. The monoisotopic (exact) mass is 324 g/mol. The molecule has 2 fully saturated rings. The van der Waals surface area contributed by atoms with Crippen molar-refractivity contribution in [3.8, 4) is 0 Å². The van der Waals surface area contributed by atoms with Crippen LogP contribution in [0.3, 0.4) is 0 Å². The highest BCUT2D eigenvalue weighted by molar-refractivity contribution is 6.30. The number of aromatic nitrogens is 1. The van der Waals surface area contributed by atoms with Gasteiger partial charge < -0.3 is 14.7 Å². The first-order valence-corrected chi connectivity index (χ1v) is 8.15. The third-order valence-corrected chi connectivity index (χ3v) is 5.27. The van der Waals surface area contributed by atoms with Crippen molar-refractivity contribution in [1.29, 1.82) is 0 Å². The third kappa shape index (κ3) is 2.62. The molecule has 2 aliphatic rings. The fraction of sp³-hybridized carbons (Fsp3) is 0.625. The van der Waals surface area contributed by atoms with Gasteiger partial charge in [0.25, 0.3) is 5.91 Å². The SMILES string of the molecule is CCO[C@H]1C[C@H](O)C12CCN(C(=O)c1cc(Cl)ccn1)CC2. The number of aliphatic hydroxyl groups excluding tert-OH is 1. The van der Waals surface area contributed by atoms with Gasteiger partial charge in [-0.2, -0.15) is 0 Å². The minimum Gasteiger partial charge on any atom is -0.392 e. The molecular weight excluding hydrogens is 304 g/mol. The molecule has 0 unspecified atom stereocenters. The summed E-state index contributed by atoms with van der Waals surface area (Å²) in [5.41, 5.74) is 0.202. The number of nitrogens with zero attached hydrogens (tertiary/aromatic N) is 2. The fourth-order valence-electron chi connectivity index (χ4n) is 3.63. The van der Waals surface area contributed by atoms with E-state index < -0.39 is 0 Å². The Morgan fingerprint density at radius 2 is 2.27 bits per heavy atom. The van der Waals surface area contributed by atoms with Crippen molar-refractivity contribution in [2.45, 2.75) is 38.4 Å². The highest BCUT2D eigenvalue weighted by Gasteiger charge is 2.56. The molecule has 22 heavy (non-hydrogen) atoms. The predicted molar refractivity (Wildman–Crippen MR) is 82.9 cm³/mol. The summed E-state index contributed by atoms with van der Waals surface area (Å²) < 4.78 is 5.74. The molecule has 1 aliphatic carbocycles. The van der Waals surface area contributed by atoms with Crippen LogP contribution < -0.4 is 0 Å². The minimum absolute atomic E-state index is 0.0980. The third-order valence-electron chi connectivity index (χ3n) is 5.03. The number of carbonyl (C=O) groups excluding carboxylic acids is 1. The van der Waals surface area contributed by atoms with Gasteiger partial charge in [0.05, 0.1) is 12.2 Å². The first kappa shape index (κ1) is 15.7. The average Bonchev–Trinajstić information content (AvgIpc) is 2.54. The number of ether oxygens (including phenoxy) is 1. The Morgan fingerprint density at radius 3 is 2.86 bits per heavy atom. The maximum Gasteiger partial charge on any atom is 0.272 e. The molecule has 1 spiro atoms. The van der Waals surface area contributed by atoms with Crippen molar-refractivity contribution in [2.75, 3.05) is 19.7 Å². The Bertz CT molecular complexity index is 556. The molecule has 1 aromatic rings. The van der Waals surface area contributed by atoms with E-state index >= 15 is 0 Å². The van der Waals surface area contributed by atoms with Crippen LogP contribution in [0.25, 0.3) is 0 Å². The molecule has 3 rings (SSSR count). The number of hydrogen-bond acceptors (Lipinski definition) is 4. The lowest BCUT2D eigenvalue weighted by Crippen LogP contribution is -2.62. The van der Waals surface area contributed by atoms with Crippen LogP contribution in [-0.2, 0) is 4.74 Å². The number of pyridine rings is 1. The van der Waals surface area contributed by atoms with Crippen molar-refractivity contribution in [3.63, 3.8) is 0 Å². The predicted octanol–water partition coefficient (Wildman–Crippen LogP) is 2.13. The number of piperidine rings is 1. The maximum absolute atomic E-state index is 12.5. The topological polar surface area (TPSA) is 62.7 Å². The van der Waals surface area contributed by atoms with E-state index in [1.165, 1.54) is 0 Å². The van der Waals surface area contributed by atoms with E-state index in [2.05, 4.69) is 4.98 Å². The van der Waals surface area contributed by atoms with Gasteiger partial charge in [-0.3, -0.25) is 9.78 Å². The van der Waals surface area contributed by atoms with E-state index in [9.17, 15) is 9.90 Å². The lowest BCUT2D eigenvalue weighted by Gasteiger charge is -2.56. The van der Waals surface area contributed by atoms with E-state index in [1.807, 2.05) is 6.92 Å². The first-order chi connectivity index (χ1) is 10.6. The van der Waals surface area contributed by atoms with Crippen molar-refractivity contribution >= 4 is 17.5 Å². The summed E-state index contributed by atoms with van der Waals surface area (Å²) in [7, 11) is 0. The number of hydrogen-bond donors (Lipinski definition) is 1.